The first-order chi connectivity index (χ1) is 11.3. The van der Waals surface area contributed by atoms with Gasteiger partial charge in [-0.1, -0.05) is 30.3 Å². The molecule has 0 unspecified atom stereocenters. The number of nitrogens with zero attached hydrogens (tertiary/aromatic N) is 3. The van der Waals surface area contributed by atoms with E-state index in [1.54, 1.807) is 0 Å². The van der Waals surface area contributed by atoms with E-state index in [0.29, 0.717) is 5.92 Å². The zero-order valence-corrected chi connectivity index (χ0v) is 13.6. The fraction of sp³-hybridized carbons (Fsp3) is 0.526. The van der Waals surface area contributed by atoms with Crippen LogP contribution in [0.4, 0.5) is 0 Å². The van der Waals surface area contributed by atoms with Gasteiger partial charge in [-0.2, -0.15) is 5.10 Å². The van der Waals surface area contributed by atoms with Crippen molar-refractivity contribution in [3.05, 3.63) is 53.3 Å². The van der Waals surface area contributed by atoms with Crippen molar-refractivity contribution in [3.8, 4) is 0 Å². The highest BCUT2D eigenvalue weighted by Gasteiger charge is 2.33. The van der Waals surface area contributed by atoms with Gasteiger partial charge in [0.15, 0.2) is 0 Å². The van der Waals surface area contributed by atoms with Crippen LogP contribution in [0.3, 0.4) is 0 Å². The minimum Gasteiger partial charge on any atom is -0.386 e. The van der Waals surface area contributed by atoms with Crippen LogP contribution in [-0.2, 0) is 19.5 Å². The molecule has 2 aromatic rings. The molecule has 0 saturated heterocycles. The molecule has 0 radical (unpaired) electrons. The predicted octanol–water partition coefficient (Wildman–Crippen LogP) is 2.77. The Morgan fingerprint density at radius 2 is 2.00 bits per heavy atom. The standard InChI is InChI=1S/C19H25N3O/c23-19(16-7-8-16)18-13-17-14-21(10-4-11-22(17)20-18)12-9-15-5-2-1-3-6-15/h1-3,5-6,13,16,19,23H,4,7-12,14H2/t19-/m1/s1. The minimum absolute atomic E-state index is 0.354. The number of rotatable bonds is 5. The Hall–Kier alpha value is -1.65. The van der Waals surface area contributed by atoms with Crippen LogP contribution in [0, 0.1) is 5.92 Å². The molecule has 1 atom stereocenters. The van der Waals surface area contributed by atoms with Crippen molar-refractivity contribution in [1.29, 1.82) is 0 Å². The minimum atomic E-state index is -0.354. The van der Waals surface area contributed by atoms with Gasteiger partial charge in [-0.05, 0) is 43.2 Å². The third kappa shape index (κ3) is 3.48. The number of benzene rings is 1. The van der Waals surface area contributed by atoms with E-state index in [2.05, 4.69) is 51.1 Å². The number of hydrogen-bond acceptors (Lipinski definition) is 3. The molecule has 1 aliphatic heterocycles. The van der Waals surface area contributed by atoms with Gasteiger partial charge >= 0.3 is 0 Å². The lowest BCUT2D eigenvalue weighted by Gasteiger charge is -2.19. The van der Waals surface area contributed by atoms with Crippen LogP contribution in [-0.4, -0.2) is 32.9 Å². The number of aromatic nitrogens is 2. The molecular weight excluding hydrogens is 286 g/mol. The lowest BCUT2D eigenvalue weighted by atomic mass is 10.1. The molecule has 0 amide bonds. The maximum absolute atomic E-state index is 10.3. The molecule has 2 aliphatic rings. The maximum Gasteiger partial charge on any atom is 0.101 e. The molecule has 4 nitrogen and oxygen atoms in total. The van der Waals surface area contributed by atoms with Gasteiger partial charge in [-0.25, -0.2) is 0 Å². The first-order valence-corrected chi connectivity index (χ1v) is 8.80. The van der Waals surface area contributed by atoms with Gasteiger partial charge in [0, 0.05) is 26.2 Å². The van der Waals surface area contributed by atoms with Gasteiger partial charge in [0.25, 0.3) is 0 Å². The average Bonchev–Trinajstić information content (AvgIpc) is 3.38. The van der Waals surface area contributed by atoms with E-state index in [0.717, 1.165) is 57.6 Å². The zero-order valence-electron chi connectivity index (χ0n) is 13.6. The highest BCUT2D eigenvalue weighted by molar-refractivity contribution is 5.17. The Morgan fingerprint density at radius 3 is 2.78 bits per heavy atom. The SMILES string of the molecule is O[C@@H](c1cc2n(n1)CCCN(CCc1ccccc1)C2)C1CC1. The molecule has 1 saturated carbocycles. The van der Waals surface area contributed by atoms with Gasteiger partial charge in [0.1, 0.15) is 6.10 Å². The molecule has 1 aromatic heterocycles. The number of fused-ring (bicyclic) bond motifs is 1. The summed E-state index contributed by atoms with van der Waals surface area (Å²) in [5.41, 5.74) is 3.53. The van der Waals surface area contributed by atoms with Crippen molar-refractivity contribution in [1.82, 2.24) is 14.7 Å². The van der Waals surface area contributed by atoms with Gasteiger partial charge < -0.3 is 5.11 Å². The summed E-state index contributed by atoms with van der Waals surface area (Å²) < 4.78 is 2.11. The van der Waals surface area contributed by atoms with Crippen molar-refractivity contribution in [3.63, 3.8) is 0 Å². The van der Waals surface area contributed by atoms with E-state index in [9.17, 15) is 5.11 Å². The topological polar surface area (TPSA) is 41.3 Å². The van der Waals surface area contributed by atoms with Crippen LogP contribution in [0.25, 0.3) is 0 Å². The molecule has 0 bridgehead atoms. The Balaban J connectivity index is 1.42. The van der Waals surface area contributed by atoms with E-state index in [4.69, 9.17) is 0 Å². The molecule has 1 aliphatic carbocycles. The van der Waals surface area contributed by atoms with E-state index in [1.807, 2.05) is 0 Å². The summed E-state index contributed by atoms with van der Waals surface area (Å²) >= 11 is 0. The maximum atomic E-state index is 10.3. The molecule has 1 N–H and O–H groups in total. The van der Waals surface area contributed by atoms with E-state index in [1.165, 1.54) is 11.3 Å². The van der Waals surface area contributed by atoms with Crippen LogP contribution in [0.2, 0.25) is 0 Å². The Bertz CT molecular complexity index is 648. The average molecular weight is 311 g/mol. The van der Waals surface area contributed by atoms with Crippen molar-refractivity contribution in [2.45, 2.75) is 44.9 Å². The summed E-state index contributed by atoms with van der Waals surface area (Å²) in [6.07, 6.45) is 4.15. The van der Waals surface area contributed by atoms with Gasteiger partial charge in [0.05, 0.1) is 11.4 Å². The van der Waals surface area contributed by atoms with Gasteiger partial charge in [0.2, 0.25) is 0 Å². The molecule has 4 rings (SSSR count). The molecule has 4 heteroatoms. The summed E-state index contributed by atoms with van der Waals surface area (Å²) in [6.45, 7) is 4.11. The zero-order chi connectivity index (χ0) is 15.6. The second-order valence-corrected chi connectivity index (χ2v) is 6.93. The number of aryl methyl sites for hydroxylation is 1. The first kappa shape index (κ1) is 14.9. The molecule has 0 spiro atoms. The summed E-state index contributed by atoms with van der Waals surface area (Å²) in [5, 5.41) is 15.0. The van der Waals surface area contributed by atoms with Crippen molar-refractivity contribution in [2.75, 3.05) is 13.1 Å². The number of hydrogen-bond donors (Lipinski definition) is 1. The molecule has 122 valence electrons. The van der Waals surface area contributed by atoms with Gasteiger partial charge in [-0.15, -0.1) is 0 Å². The van der Waals surface area contributed by atoms with E-state index >= 15 is 0 Å². The predicted molar refractivity (Wildman–Crippen MR) is 90.0 cm³/mol. The summed E-state index contributed by atoms with van der Waals surface area (Å²) in [7, 11) is 0. The van der Waals surface area contributed by atoms with Crippen molar-refractivity contribution < 1.29 is 5.11 Å². The molecule has 1 aromatic carbocycles. The quantitative estimate of drug-likeness (QED) is 0.923. The van der Waals surface area contributed by atoms with Crippen LogP contribution in [0.1, 0.15) is 42.3 Å². The fourth-order valence-corrected chi connectivity index (χ4v) is 3.47. The van der Waals surface area contributed by atoms with E-state index in [-0.39, 0.29) is 6.10 Å². The Morgan fingerprint density at radius 1 is 1.17 bits per heavy atom. The number of aliphatic hydroxyl groups excluding tert-OH is 1. The van der Waals surface area contributed by atoms with Crippen molar-refractivity contribution >= 4 is 0 Å². The lowest BCUT2D eigenvalue weighted by molar-refractivity contribution is 0.148. The third-order valence-electron chi connectivity index (χ3n) is 5.04. The summed E-state index contributed by atoms with van der Waals surface area (Å²) in [4.78, 5) is 2.51. The Labute approximate surface area is 137 Å². The fourth-order valence-electron chi connectivity index (χ4n) is 3.47. The normalized spacial score (nSPS) is 20.0. The second-order valence-electron chi connectivity index (χ2n) is 6.93. The number of aliphatic hydroxyl groups is 1. The summed E-state index contributed by atoms with van der Waals surface area (Å²) in [5.74, 6) is 0.448. The second kappa shape index (κ2) is 6.46. The Kier molecular flexibility index (Phi) is 4.19. The molecule has 23 heavy (non-hydrogen) atoms. The largest absolute Gasteiger partial charge is 0.386 e. The van der Waals surface area contributed by atoms with E-state index < -0.39 is 0 Å². The third-order valence-corrected chi connectivity index (χ3v) is 5.04. The summed E-state index contributed by atoms with van der Waals surface area (Å²) in [6, 6.07) is 12.8. The monoisotopic (exact) mass is 311 g/mol. The van der Waals surface area contributed by atoms with Crippen molar-refractivity contribution in [2.24, 2.45) is 5.92 Å². The van der Waals surface area contributed by atoms with Gasteiger partial charge in [-0.3, -0.25) is 9.58 Å². The van der Waals surface area contributed by atoms with Crippen LogP contribution in [0.5, 0.6) is 0 Å². The van der Waals surface area contributed by atoms with Crippen LogP contribution < -0.4 is 0 Å². The smallest absolute Gasteiger partial charge is 0.101 e. The molecular formula is C19H25N3O. The highest BCUT2D eigenvalue weighted by Crippen LogP contribution is 2.40. The molecule has 1 fully saturated rings. The van der Waals surface area contributed by atoms with Crippen LogP contribution >= 0.6 is 0 Å². The van der Waals surface area contributed by atoms with Crippen LogP contribution in [0.15, 0.2) is 36.4 Å². The first-order valence-electron chi connectivity index (χ1n) is 8.80. The molecule has 2 heterocycles. The lowest BCUT2D eigenvalue weighted by Crippen LogP contribution is -2.25. The highest BCUT2D eigenvalue weighted by atomic mass is 16.3.